The predicted molar refractivity (Wildman–Crippen MR) is 72.2 cm³/mol. The standard InChI is InChI=1S/C15H20N2O/c1-11(2)10-17(12(3)4)15(18)14-7-5-13(9-16)6-8-14/h5-8,11-12H,10H2,1-4H3. The minimum atomic E-state index is 0.0307. The number of amides is 1. The lowest BCUT2D eigenvalue weighted by Gasteiger charge is -2.28. The van der Waals surface area contributed by atoms with E-state index in [0.717, 1.165) is 6.54 Å². The molecule has 1 amide bonds. The zero-order chi connectivity index (χ0) is 13.7. The van der Waals surface area contributed by atoms with Crippen LogP contribution in [0.3, 0.4) is 0 Å². The van der Waals surface area contributed by atoms with Crippen LogP contribution in [0.1, 0.15) is 43.6 Å². The summed E-state index contributed by atoms with van der Waals surface area (Å²) in [6.07, 6.45) is 0. The lowest BCUT2D eigenvalue weighted by molar-refractivity contribution is 0.0682. The van der Waals surface area contributed by atoms with E-state index in [2.05, 4.69) is 19.9 Å². The van der Waals surface area contributed by atoms with Gasteiger partial charge in [-0.2, -0.15) is 5.26 Å². The molecule has 0 N–H and O–H groups in total. The molecule has 0 atom stereocenters. The van der Waals surface area contributed by atoms with E-state index in [9.17, 15) is 4.79 Å². The Kier molecular flexibility index (Phi) is 4.91. The molecule has 1 rings (SSSR count). The van der Waals surface area contributed by atoms with Gasteiger partial charge in [-0.15, -0.1) is 0 Å². The Labute approximate surface area is 109 Å². The van der Waals surface area contributed by atoms with Crippen molar-refractivity contribution in [3.05, 3.63) is 35.4 Å². The molecular formula is C15H20N2O. The molecule has 0 aliphatic heterocycles. The van der Waals surface area contributed by atoms with Gasteiger partial charge in [-0.05, 0) is 44.0 Å². The normalized spacial score (nSPS) is 10.5. The quantitative estimate of drug-likeness (QED) is 0.817. The second kappa shape index (κ2) is 6.20. The van der Waals surface area contributed by atoms with Crippen molar-refractivity contribution in [3.8, 4) is 6.07 Å². The zero-order valence-electron chi connectivity index (χ0n) is 11.5. The number of carbonyl (C=O) groups is 1. The molecule has 0 unspecified atom stereocenters. The molecule has 18 heavy (non-hydrogen) atoms. The van der Waals surface area contributed by atoms with Crippen LogP contribution in [0.2, 0.25) is 0 Å². The van der Waals surface area contributed by atoms with Gasteiger partial charge in [0.2, 0.25) is 0 Å². The Morgan fingerprint density at radius 3 is 2.17 bits per heavy atom. The Morgan fingerprint density at radius 2 is 1.78 bits per heavy atom. The number of hydrogen-bond donors (Lipinski definition) is 0. The van der Waals surface area contributed by atoms with Crippen LogP contribution < -0.4 is 0 Å². The van der Waals surface area contributed by atoms with Crippen LogP contribution >= 0.6 is 0 Å². The third-order valence-corrected chi connectivity index (χ3v) is 2.71. The molecule has 3 heteroatoms. The van der Waals surface area contributed by atoms with Gasteiger partial charge < -0.3 is 4.90 Å². The zero-order valence-corrected chi connectivity index (χ0v) is 11.5. The van der Waals surface area contributed by atoms with Crippen molar-refractivity contribution in [1.82, 2.24) is 4.90 Å². The maximum atomic E-state index is 12.4. The van der Waals surface area contributed by atoms with Crippen molar-refractivity contribution in [2.24, 2.45) is 5.92 Å². The summed E-state index contributed by atoms with van der Waals surface area (Å²) in [6, 6.07) is 9.03. The maximum absolute atomic E-state index is 12.4. The van der Waals surface area contributed by atoms with Crippen molar-refractivity contribution in [2.75, 3.05) is 6.54 Å². The van der Waals surface area contributed by atoms with E-state index in [1.165, 1.54) is 0 Å². The van der Waals surface area contributed by atoms with Gasteiger partial charge in [0.15, 0.2) is 0 Å². The highest BCUT2D eigenvalue weighted by atomic mass is 16.2. The summed E-state index contributed by atoms with van der Waals surface area (Å²) in [5, 5.41) is 8.74. The molecule has 0 aliphatic rings. The fourth-order valence-corrected chi connectivity index (χ4v) is 1.77. The Hall–Kier alpha value is -1.82. The molecule has 0 spiro atoms. The summed E-state index contributed by atoms with van der Waals surface area (Å²) in [5.41, 5.74) is 1.22. The molecule has 0 heterocycles. The molecule has 0 bridgehead atoms. The van der Waals surface area contributed by atoms with Crippen LogP contribution in [-0.4, -0.2) is 23.4 Å². The van der Waals surface area contributed by atoms with Crippen LogP contribution in [0.4, 0.5) is 0 Å². The van der Waals surface area contributed by atoms with E-state index in [-0.39, 0.29) is 11.9 Å². The molecule has 96 valence electrons. The number of rotatable bonds is 4. The average Bonchev–Trinajstić information content (AvgIpc) is 2.34. The number of carbonyl (C=O) groups excluding carboxylic acids is 1. The van der Waals surface area contributed by atoms with Crippen molar-refractivity contribution in [1.29, 1.82) is 5.26 Å². The number of benzene rings is 1. The van der Waals surface area contributed by atoms with Gasteiger partial charge >= 0.3 is 0 Å². The summed E-state index contributed by atoms with van der Waals surface area (Å²) < 4.78 is 0. The maximum Gasteiger partial charge on any atom is 0.254 e. The van der Waals surface area contributed by atoms with Gasteiger partial charge in [-0.1, -0.05) is 13.8 Å². The topological polar surface area (TPSA) is 44.1 Å². The first kappa shape index (κ1) is 14.2. The van der Waals surface area contributed by atoms with Crippen LogP contribution in [0.15, 0.2) is 24.3 Å². The summed E-state index contributed by atoms with van der Waals surface area (Å²) in [4.78, 5) is 14.2. The van der Waals surface area contributed by atoms with Gasteiger partial charge in [-0.3, -0.25) is 4.79 Å². The van der Waals surface area contributed by atoms with Crippen molar-refractivity contribution in [3.63, 3.8) is 0 Å². The van der Waals surface area contributed by atoms with E-state index in [1.807, 2.05) is 18.7 Å². The second-order valence-corrected chi connectivity index (χ2v) is 5.13. The van der Waals surface area contributed by atoms with E-state index >= 15 is 0 Å². The molecule has 0 saturated heterocycles. The van der Waals surface area contributed by atoms with Gasteiger partial charge in [0.25, 0.3) is 5.91 Å². The average molecular weight is 244 g/mol. The number of nitrogens with zero attached hydrogens (tertiary/aromatic N) is 2. The first-order valence-electron chi connectivity index (χ1n) is 6.26. The molecule has 0 radical (unpaired) electrons. The van der Waals surface area contributed by atoms with Crippen molar-refractivity contribution >= 4 is 5.91 Å². The molecule has 0 saturated carbocycles. The molecule has 0 fully saturated rings. The summed E-state index contributed by atoms with van der Waals surface area (Å²) >= 11 is 0. The van der Waals surface area contributed by atoms with Crippen LogP contribution in [0.25, 0.3) is 0 Å². The summed E-state index contributed by atoms with van der Waals surface area (Å²) in [7, 11) is 0. The van der Waals surface area contributed by atoms with Gasteiger partial charge in [0, 0.05) is 18.2 Å². The van der Waals surface area contributed by atoms with E-state index < -0.39 is 0 Å². The fraction of sp³-hybridized carbons (Fsp3) is 0.467. The van der Waals surface area contributed by atoms with Gasteiger partial charge in [0.05, 0.1) is 11.6 Å². The van der Waals surface area contributed by atoms with Crippen LogP contribution in [-0.2, 0) is 0 Å². The smallest absolute Gasteiger partial charge is 0.254 e. The Balaban J connectivity index is 2.91. The first-order valence-corrected chi connectivity index (χ1v) is 6.26. The minimum Gasteiger partial charge on any atom is -0.336 e. The molecule has 0 aromatic heterocycles. The van der Waals surface area contributed by atoms with Crippen LogP contribution in [0, 0.1) is 17.2 Å². The van der Waals surface area contributed by atoms with E-state index in [0.29, 0.717) is 17.0 Å². The highest BCUT2D eigenvalue weighted by molar-refractivity contribution is 5.94. The van der Waals surface area contributed by atoms with Gasteiger partial charge in [-0.25, -0.2) is 0 Å². The minimum absolute atomic E-state index is 0.0307. The lowest BCUT2D eigenvalue weighted by atomic mass is 10.1. The third kappa shape index (κ3) is 3.59. The second-order valence-electron chi connectivity index (χ2n) is 5.13. The monoisotopic (exact) mass is 244 g/mol. The predicted octanol–water partition coefficient (Wildman–Crippen LogP) is 3.06. The molecule has 1 aromatic carbocycles. The van der Waals surface area contributed by atoms with Gasteiger partial charge in [0.1, 0.15) is 0 Å². The molecule has 3 nitrogen and oxygen atoms in total. The highest BCUT2D eigenvalue weighted by Gasteiger charge is 2.19. The Bertz CT molecular complexity index is 441. The fourth-order valence-electron chi connectivity index (χ4n) is 1.77. The van der Waals surface area contributed by atoms with E-state index in [1.54, 1.807) is 24.3 Å². The van der Waals surface area contributed by atoms with Crippen molar-refractivity contribution in [2.45, 2.75) is 33.7 Å². The summed E-state index contributed by atoms with van der Waals surface area (Å²) in [5.74, 6) is 0.470. The molecular weight excluding hydrogens is 224 g/mol. The first-order chi connectivity index (χ1) is 8.45. The number of nitriles is 1. The van der Waals surface area contributed by atoms with E-state index in [4.69, 9.17) is 5.26 Å². The lowest BCUT2D eigenvalue weighted by Crippen LogP contribution is -2.39. The Morgan fingerprint density at radius 1 is 1.22 bits per heavy atom. The molecule has 1 aromatic rings. The van der Waals surface area contributed by atoms with Crippen LogP contribution in [0.5, 0.6) is 0 Å². The number of hydrogen-bond acceptors (Lipinski definition) is 2. The highest BCUT2D eigenvalue weighted by Crippen LogP contribution is 2.12. The molecule has 0 aliphatic carbocycles. The largest absolute Gasteiger partial charge is 0.336 e. The summed E-state index contributed by atoms with van der Waals surface area (Å²) in [6.45, 7) is 8.98. The SMILES string of the molecule is CC(C)CN(C(=O)c1ccc(C#N)cc1)C(C)C. The third-order valence-electron chi connectivity index (χ3n) is 2.71. The van der Waals surface area contributed by atoms with Crippen molar-refractivity contribution < 1.29 is 4.79 Å².